The number of hydrogen-bond donors (Lipinski definition) is 2. The molecule has 0 spiro atoms. The molecule has 3 atom stereocenters. The van der Waals surface area contributed by atoms with Crippen LogP contribution in [0.1, 0.15) is 25.7 Å². The van der Waals surface area contributed by atoms with Gasteiger partial charge < -0.3 is 5.32 Å². The van der Waals surface area contributed by atoms with Crippen molar-refractivity contribution in [1.29, 1.82) is 0 Å². The van der Waals surface area contributed by atoms with Gasteiger partial charge in [-0.3, -0.25) is 5.10 Å². The Labute approximate surface area is 116 Å². The monoisotopic (exact) mass is 277 g/mol. The predicted octanol–water partition coefficient (Wildman–Crippen LogP) is 2.85. The Balaban J connectivity index is 1.53. The summed E-state index contributed by atoms with van der Waals surface area (Å²) in [5, 5.41) is 11.4. The highest BCUT2D eigenvalue weighted by Crippen LogP contribution is 2.48. The lowest BCUT2D eigenvalue weighted by atomic mass is 9.89. The van der Waals surface area contributed by atoms with Crippen LogP contribution in [0.15, 0.2) is 6.20 Å². The molecule has 100 valence electrons. The van der Waals surface area contributed by atoms with E-state index in [0.29, 0.717) is 5.65 Å². The van der Waals surface area contributed by atoms with Crippen LogP contribution in [-0.4, -0.2) is 26.7 Å². The molecular weight excluding hydrogens is 262 g/mol. The van der Waals surface area contributed by atoms with Gasteiger partial charge >= 0.3 is 0 Å². The van der Waals surface area contributed by atoms with Crippen LogP contribution >= 0.6 is 11.6 Å². The van der Waals surface area contributed by atoms with Gasteiger partial charge in [0.15, 0.2) is 5.65 Å². The Kier molecular flexibility index (Phi) is 2.62. The molecule has 2 aromatic rings. The molecule has 4 rings (SSSR count). The summed E-state index contributed by atoms with van der Waals surface area (Å²) in [6.45, 7) is 0.981. The molecule has 2 aliphatic carbocycles. The van der Waals surface area contributed by atoms with Crippen LogP contribution in [0.5, 0.6) is 0 Å². The first-order valence-electron chi connectivity index (χ1n) is 6.90. The number of nitrogens with one attached hydrogen (secondary N) is 2. The average molecular weight is 278 g/mol. The standard InChI is InChI=1S/C13H16ClN5/c14-13-17-11(10-6-16-19-12(10)18-13)15-5-9-4-7-1-2-8(9)3-7/h6-9H,1-5H2,(H2,15,16,17,18,19). The first kappa shape index (κ1) is 11.5. The molecule has 2 fully saturated rings. The quantitative estimate of drug-likeness (QED) is 0.847. The van der Waals surface area contributed by atoms with Gasteiger partial charge in [-0.05, 0) is 48.6 Å². The van der Waals surface area contributed by atoms with Gasteiger partial charge in [0.2, 0.25) is 5.28 Å². The molecule has 5 nitrogen and oxygen atoms in total. The third kappa shape index (κ3) is 1.96. The second-order valence-electron chi connectivity index (χ2n) is 5.79. The fraction of sp³-hybridized carbons (Fsp3) is 0.615. The van der Waals surface area contributed by atoms with Crippen LogP contribution in [-0.2, 0) is 0 Å². The summed E-state index contributed by atoms with van der Waals surface area (Å²) in [4.78, 5) is 8.39. The van der Waals surface area contributed by atoms with E-state index in [4.69, 9.17) is 11.6 Å². The molecule has 19 heavy (non-hydrogen) atoms. The molecule has 0 radical (unpaired) electrons. The number of rotatable bonds is 3. The summed E-state index contributed by atoms with van der Waals surface area (Å²) in [6.07, 6.45) is 7.38. The van der Waals surface area contributed by atoms with E-state index < -0.39 is 0 Å². The zero-order chi connectivity index (χ0) is 12.8. The van der Waals surface area contributed by atoms with Crippen LogP contribution in [0, 0.1) is 17.8 Å². The fourth-order valence-electron chi connectivity index (χ4n) is 3.80. The molecule has 2 bridgehead atoms. The van der Waals surface area contributed by atoms with Crippen LogP contribution in [0.25, 0.3) is 11.0 Å². The van der Waals surface area contributed by atoms with E-state index >= 15 is 0 Å². The van der Waals surface area contributed by atoms with E-state index in [1.54, 1.807) is 6.20 Å². The van der Waals surface area contributed by atoms with Gasteiger partial charge in [0.25, 0.3) is 0 Å². The van der Waals surface area contributed by atoms with Gasteiger partial charge in [-0.25, -0.2) is 0 Å². The summed E-state index contributed by atoms with van der Waals surface area (Å²) in [7, 11) is 0. The van der Waals surface area contributed by atoms with E-state index in [1.165, 1.54) is 25.7 Å². The zero-order valence-corrected chi connectivity index (χ0v) is 11.3. The highest BCUT2D eigenvalue weighted by molar-refractivity contribution is 6.28. The molecule has 0 saturated heterocycles. The number of halogens is 1. The number of aromatic nitrogens is 4. The van der Waals surface area contributed by atoms with Crippen LogP contribution in [0.4, 0.5) is 5.82 Å². The van der Waals surface area contributed by atoms with Gasteiger partial charge in [-0.1, -0.05) is 6.42 Å². The lowest BCUT2D eigenvalue weighted by Gasteiger charge is -2.22. The Morgan fingerprint density at radius 3 is 3.05 bits per heavy atom. The lowest BCUT2D eigenvalue weighted by Crippen LogP contribution is -2.20. The Hall–Kier alpha value is -1.36. The minimum atomic E-state index is 0.257. The Bertz CT molecular complexity index is 610. The van der Waals surface area contributed by atoms with Crippen LogP contribution in [0.3, 0.4) is 0 Å². The van der Waals surface area contributed by atoms with Crippen molar-refractivity contribution < 1.29 is 0 Å². The number of nitrogens with zero attached hydrogens (tertiary/aromatic N) is 3. The molecular formula is C13H16ClN5. The highest BCUT2D eigenvalue weighted by Gasteiger charge is 2.39. The normalized spacial score (nSPS) is 29.2. The molecule has 3 unspecified atom stereocenters. The maximum absolute atomic E-state index is 5.93. The topological polar surface area (TPSA) is 66.5 Å². The smallest absolute Gasteiger partial charge is 0.226 e. The van der Waals surface area contributed by atoms with Crippen LogP contribution in [0.2, 0.25) is 5.28 Å². The summed E-state index contributed by atoms with van der Waals surface area (Å²) in [5.74, 6) is 3.47. The molecule has 2 heterocycles. The molecule has 0 amide bonds. The van der Waals surface area contributed by atoms with E-state index in [1.807, 2.05) is 0 Å². The second kappa shape index (κ2) is 4.34. The van der Waals surface area contributed by atoms with Gasteiger partial charge in [0.05, 0.1) is 11.6 Å². The molecule has 2 aromatic heterocycles. The van der Waals surface area contributed by atoms with Gasteiger partial charge in [-0.15, -0.1) is 0 Å². The van der Waals surface area contributed by atoms with E-state index in [9.17, 15) is 0 Å². The van der Waals surface area contributed by atoms with Gasteiger partial charge in [-0.2, -0.15) is 15.1 Å². The highest BCUT2D eigenvalue weighted by atomic mass is 35.5. The maximum atomic E-state index is 5.93. The number of H-pyrrole nitrogens is 1. The van der Waals surface area contributed by atoms with Crippen molar-refractivity contribution in [2.24, 2.45) is 17.8 Å². The van der Waals surface area contributed by atoms with Crippen molar-refractivity contribution in [3.63, 3.8) is 0 Å². The van der Waals surface area contributed by atoms with Crippen molar-refractivity contribution >= 4 is 28.5 Å². The summed E-state index contributed by atoms with van der Waals surface area (Å²) in [6, 6.07) is 0. The van der Waals surface area contributed by atoms with E-state index in [-0.39, 0.29) is 5.28 Å². The van der Waals surface area contributed by atoms with Crippen molar-refractivity contribution in [1.82, 2.24) is 20.2 Å². The molecule has 2 N–H and O–H groups in total. The van der Waals surface area contributed by atoms with E-state index in [2.05, 4.69) is 25.5 Å². The van der Waals surface area contributed by atoms with Crippen molar-refractivity contribution in [3.05, 3.63) is 11.5 Å². The molecule has 2 saturated carbocycles. The maximum Gasteiger partial charge on any atom is 0.226 e. The first-order valence-corrected chi connectivity index (χ1v) is 7.28. The SMILES string of the molecule is Clc1nc(NCC2CC3CCC2C3)c2cn[nH]c2n1. The van der Waals surface area contributed by atoms with E-state index in [0.717, 1.165) is 35.5 Å². The van der Waals surface area contributed by atoms with Crippen molar-refractivity contribution in [2.75, 3.05) is 11.9 Å². The lowest BCUT2D eigenvalue weighted by molar-refractivity contribution is 0.348. The Morgan fingerprint density at radius 2 is 2.26 bits per heavy atom. The third-order valence-corrected chi connectivity index (χ3v) is 4.87. The minimum absolute atomic E-state index is 0.257. The summed E-state index contributed by atoms with van der Waals surface area (Å²) in [5.41, 5.74) is 0.690. The number of hydrogen-bond acceptors (Lipinski definition) is 4. The molecule has 2 aliphatic rings. The predicted molar refractivity (Wildman–Crippen MR) is 74.1 cm³/mol. The number of fused-ring (bicyclic) bond motifs is 3. The molecule has 0 aliphatic heterocycles. The molecule has 6 heteroatoms. The fourth-order valence-corrected chi connectivity index (χ4v) is 3.97. The van der Waals surface area contributed by atoms with Gasteiger partial charge in [0, 0.05) is 6.54 Å². The largest absolute Gasteiger partial charge is 0.369 e. The summed E-state index contributed by atoms with van der Waals surface area (Å²) < 4.78 is 0. The number of anilines is 1. The second-order valence-corrected chi connectivity index (χ2v) is 6.13. The summed E-state index contributed by atoms with van der Waals surface area (Å²) >= 11 is 5.93. The average Bonchev–Trinajstić information content (AvgIpc) is 3.10. The van der Waals surface area contributed by atoms with Crippen LogP contribution < -0.4 is 5.32 Å². The van der Waals surface area contributed by atoms with Crippen molar-refractivity contribution in [2.45, 2.75) is 25.7 Å². The van der Waals surface area contributed by atoms with Gasteiger partial charge in [0.1, 0.15) is 5.82 Å². The Morgan fingerprint density at radius 1 is 1.32 bits per heavy atom. The number of aromatic amines is 1. The molecule has 0 aromatic carbocycles. The third-order valence-electron chi connectivity index (χ3n) is 4.70. The van der Waals surface area contributed by atoms with Crippen molar-refractivity contribution in [3.8, 4) is 0 Å². The first-order chi connectivity index (χ1) is 9.29. The minimum Gasteiger partial charge on any atom is -0.369 e. The zero-order valence-electron chi connectivity index (χ0n) is 10.6.